The summed E-state index contributed by atoms with van der Waals surface area (Å²) in [5.41, 5.74) is 3.01. The third-order valence-electron chi connectivity index (χ3n) is 3.73. The molecule has 2 atom stereocenters. The van der Waals surface area contributed by atoms with E-state index in [1.165, 1.54) is 30.4 Å². The highest BCUT2D eigenvalue weighted by Crippen LogP contribution is 2.40. The predicted octanol–water partition coefficient (Wildman–Crippen LogP) is 4.89. The molecular formula is C16H23BrO. The van der Waals surface area contributed by atoms with E-state index in [-0.39, 0.29) is 0 Å². The molecule has 1 aliphatic rings. The molecule has 1 aromatic carbocycles. The molecule has 0 aromatic heterocycles. The molecule has 0 fully saturated rings. The zero-order valence-electron chi connectivity index (χ0n) is 11.4. The number of aryl methyl sites for hydroxylation is 1. The lowest BCUT2D eigenvalue weighted by molar-refractivity contribution is 0.0675. The summed E-state index contributed by atoms with van der Waals surface area (Å²) < 4.78 is 5.70. The molecule has 0 bridgehead atoms. The molecule has 100 valence electrons. The minimum atomic E-state index is 0.344. The van der Waals surface area contributed by atoms with Crippen molar-refractivity contribution in [2.45, 2.75) is 50.5 Å². The number of halogens is 1. The Morgan fingerprint density at radius 2 is 2.11 bits per heavy atom. The molecule has 1 aliphatic carbocycles. The van der Waals surface area contributed by atoms with Crippen molar-refractivity contribution in [1.29, 1.82) is 0 Å². The number of hydrogen-bond acceptors (Lipinski definition) is 1. The Morgan fingerprint density at radius 1 is 1.33 bits per heavy atom. The second-order valence-corrected chi connectivity index (χ2v) is 6.45. The van der Waals surface area contributed by atoms with Gasteiger partial charge >= 0.3 is 0 Å². The largest absolute Gasteiger partial charge is 0.379 e. The van der Waals surface area contributed by atoms with Gasteiger partial charge in [0.1, 0.15) is 0 Å². The average Bonchev–Trinajstić information content (AvgIpc) is 2.50. The molecule has 2 rings (SSSR count). The SMILES string of the molecule is CC(C)OCCC1CCCc2ccccc2C1Br. The number of benzene rings is 1. The topological polar surface area (TPSA) is 9.23 Å². The Labute approximate surface area is 119 Å². The van der Waals surface area contributed by atoms with Crippen molar-refractivity contribution in [3.63, 3.8) is 0 Å². The number of alkyl halides is 1. The van der Waals surface area contributed by atoms with Crippen LogP contribution in [0, 0.1) is 5.92 Å². The van der Waals surface area contributed by atoms with E-state index in [4.69, 9.17) is 4.74 Å². The van der Waals surface area contributed by atoms with Crippen LogP contribution in [-0.4, -0.2) is 12.7 Å². The van der Waals surface area contributed by atoms with Gasteiger partial charge in [-0.05, 0) is 56.6 Å². The fourth-order valence-electron chi connectivity index (χ4n) is 2.73. The fourth-order valence-corrected chi connectivity index (χ4v) is 3.71. The monoisotopic (exact) mass is 310 g/mol. The third kappa shape index (κ3) is 3.58. The van der Waals surface area contributed by atoms with Crippen molar-refractivity contribution < 1.29 is 4.74 Å². The maximum Gasteiger partial charge on any atom is 0.0518 e. The minimum Gasteiger partial charge on any atom is -0.379 e. The van der Waals surface area contributed by atoms with Gasteiger partial charge in [-0.25, -0.2) is 0 Å². The first-order chi connectivity index (χ1) is 8.68. The van der Waals surface area contributed by atoms with Crippen LogP contribution in [0.4, 0.5) is 0 Å². The van der Waals surface area contributed by atoms with E-state index >= 15 is 0 Å². The summed E-state index contributed by atoms with van der Waals surface area (Å²) in [4.78, 5) is 0.493. The third-order valence-corrected chi connectivity index (χ3v) is 4.97. The lowest BCUT2D eigenvalue weighted by atomic mass is 9.94. The van der Waals surface area contributed by atoms with E-state index in [1.54, 1.807) is 0 Å². The van der Waals surface area contributed by atoms with Gasteiger partial charge in [-0.1, -0.05) is 40.2 Å². The summed E-state index contributed by atoms with van der Waals surface area (Å²) in [5, 5.41) is 0. The summed E-state index contributed by atoms with van der Waals surface area (Å²) in [6, 6.07) is 8.85. The Bertz CT molecular complexity index is 375. The molecule has 0 aliphatic heterocycles. The van der Waals surface area contributed by atoms with Crippen LogP contribution in [0.25, 0.3) is 0 Å². The van der Waals surface area contributed by atoms with Crippen molar-refractivity contribution in [3.8, 4) is 0 Å². The Hall–Kier alpha value is -0.340. The Morgan fingerprint density at radius 3 is 2.89 bits per heavy atom. The molecule has 0 saturated carbocycles. The zero-order chi connectivity index (χ0) is 13.0. The molecule has 1 nitrogen and oxygen atoms in total. The van der Waals surface area contributed by atoms with E-state index in [2.05, 4.69) is 54.0 Å². The summed E-state index contributed by atoms with van der Waals surface area (Å²) in [5.74, 6) is 0.701. The van der Waals surface area contributed by atoms with E-state index in [0.717, 1.165) is 13.0 Å². The Balaban J connectivity index is 2.01. The molecular weight excluding hydrogens is 288 g/mol. The zero-order valence-corrected chi connectivity index (χ0v) is 12.9. The predicted molar refractivity (Wildman–Crippen MR) is 80.2 cm³/mol. The highest BCUT2D eigenvalue weighted by Gasteiger charge is 2.25. The second kappa shape index (κ2) is 6.72. The highest BCUT2D eigenvalue weighted by molar-refractivity contribution is 9.09. The number of rotatable bonds is 4. The molecule has 18 heavy (non-hydrogen) atoms. The lowest BCUT2D eigenvalue weighted by Gasteiger charge is -2.22. The maximum absolute atomic E-state index is 5.70. The smallest absolute Gasteiger partial charge is 0.0518 e. The standard InChI is InChI=1S/C16H23BrO/c1-12(2)18-11-10-14-8-5-7-13-6-3-4-9-15(13)16(14)17/h3-4,6,9,12,14,16H,5,7-8,10-11H2,1-2H3. The highest BCUT2D eigenvalue weighted by atomic mass is 79.9. The van der Waals surface area contributed by atoms with Crippen LogP contribution < -0.4 is 0 Å². The molecule has 1 aromatic rings. The quantitative estimate of drug-likeness (QED) is 0.568. The van der Waals surface area contributed by atoms with E-state index < -0.39 is 0 Å². The summed E-state index contributed by atoms with van der Waals surface area (Å²) in [6.07, 6.45) is 5.32. The molecule has 0 heterocycles. The van der Waals surface area contributed by atoms with E-state index in [1.807, 2.05) is 0 Å². The normalized spacial score (nSPS) is 23.8. The van der Waals surface area contributed by atoms with Gasteiger partial charge in [-0.2, -0.15) is 0 Å². The van der Waals surface area contributed by atoms with Crippen LogP contribution in [-0.2, 0) is 11.2 Å². The van der Waals surface area contributed by atoms with Gasteiger partial charge in [0, 0.05) is 11.4 Å². The van der Waals surface area contributed by atoms with E-state index in [0.29, 0.717) is 16.8 Å². The van der Waals surface area contributed by atoms with Crippen LogP contribution in [0.3, 0.4) is 0 Å². The minimum absolute atomic E-state index is 0.344. The Kier molecular flexibility index (Phi) is 5.25. The first-order valence-electron chi connectivity index (χ1n) is 7.02. The first kappa shape index (κ1) is 14.1. The van der Waals surface area contributed by atoms with Gasteiger partial charge in [0.25, 0.3) is 0 Å². The molecule has 0 radical (unpaired) electrons. The van der Waals surface area contributed by atoms with Crippen LogP contribution >= 0.6 is 15.9 Å². The van der Waals surface area contributed by atoms with Gasteiger partial charge in [0.05, 0.1) is 6.10 Å². The number of hydrogen-bond donors (Lipinski definition) is 0. The molecule has 0 saturated heterocycles. The van der Waals surface area contributed by atoms with Gasteiger partial charge in [0.2, 0.25) is 0 Å². The molecule has 0 N–H and O–H groups in total. The van der Waals surface area contributed by atoms with Crippen molar-refractivity contribution in [3.05, 3.63) is 35.4 Å². The van der Waals surface area contributed by atoms with Crippen LogP contribution in [0.15, 0.2) is 24.3 Å². The fraction of sp³-hybridized carbons (Fsp3) is 0.625. The summed E-state index contributed by atoms with van der Waals surface area (Å²) in [6.45, 7) is 5.09. The first-order valence-corrected chi connectivity index (χ1v) is 7.93. The lowest BCUT2D eigenvalue weighted by Crippen LogP contribution is -2.12. The molecule has 0 amide bonds. The van der Waals surface area contributed by atoms with Crippen LogP contribution in [0.2, 0.25) is 0 Å². The van der Waals surface area contributed by atoms with Crippen LogP contribution in [0.1, 0.15) is 49.1 Å². The van der Waals surface area contributed by atoms with Gasteiger partial charge in [-0.3, -0.25) is 0 Å². The number of fused-ring (bicyclic) bond motifs is 1. The van der Waals surface area contributed by atoms with Gasteiger partial charge in [0.15, 0.2) is 0 Å². The average molecular weight is 311 g/mol. The van der Waals surface area contributed by atoms with Gasteiger partial charge < -0.3 is 4.74 Å². The molecule has 2 unspecified atom stereocenters. The second-order valence-electron chi connectivity index (χ2n) is 5.46. The van der Waals surface area contributed by atoms with Crippen molar-refractivity contribution >= 4 is 15.9 Å². The van der Waals surface area contributed by atoms with Crippen molar-refractivity contribution in [2.24, 2.45) is 5.92 Å². The van der Waals surface area contributed by atoms with Crippen molar-refractivity contribution in [1.82, 2.24) is 0 Å². The molecule has 2 heteroatoms. The van der Waals surface area contributed by atoms with Crippen molar-refractivity contribution in [2.75, 3.05) is 6.61 Å². The van der Waals surface area contributed by atoms with Crippen LogP contribution in [0.5, 0.6) is 0 Å². The summed E-state index contributed by atoms with van der Waals surface area (Å²) in [7, 11) is 0. The number of ether oxygens (including phenoxy) is 1. The maximum atomic E-state index is 5.70. The molecule has 0 spiro atoms. The summed E-state index contributed by atoms with van der Waals surface area (Å²) >= 11 is 3.92. The van der Waals surface area contributed by atoms with Gasteiger partial charge in [-0.15, -0.1) is 0 Å². The van der Waals surface area contributed by atoms with E-state index in [9.17, 15) is 0 Å².